The number of H-pyrrole nitrogens is 1. The molecule has 2 aromatic rings. The molecule has 1 aliphatic heterocycles. The standard InChI is InChI=1S/C10H11N3O2S/c14-9-8-7(2-4-16-8)12-10(15)13(9)6-1-3-11-5-6/h2,4,6,11H,1,3,5H2,(H,12,15). The van der Waals surface area contributed by atoms with E-state index in [1.807, 2.05) is 5.38 Å². The van der Waals surface area contributed by atoms with Gasteiger partial charge in [-0.1, -0.05) is 0 Å². The van der Waals surface area contributed by atoms with Crippen molar-refractivity contribution in [2.24, 2.45) is 0 Å². The van der Waals surface area contributed by atoms with Crippen LogP contribution < -0.4 is 16.6 Å². The maximum atomic E-state index is 12.1. The molecule has 5 nitrogen and oxygen atoms in total. The Morgan fingerprint density at radius 3 is 3.06 bits per heavy atom. The second-order valence-electron chi connectivity index (χ2n) is 3.92. The van der Waals surface area contributed by atoms with Crippen molar-refractivity contribution in [3.63, 3.8) is 0 Å². The number of aromatic amines is 1. The topological polar surface area (TPSA) is 66.9 Å². The molecule has 0 spiro atoms. The molecule has 0 radical (unpaired) electrons. The van der Waals surface area contributed by atoms with Crippen molar-refractivity contribution in [2.75, 3.05) is 13.1 Å². The summed E-state index contributed by atoms with van der Waals surface area (Å²) in [4.78, 5) is 26.7. The first kappa shape index (κ1) is 9.80. The maximum absolute atomic E-state index is 12.1. The predicted octanol–water partition coefficient (Wildman–Crippen LogP) is 0.286. The van der Waals surface area contributed by atoms with E-state index in [1.165, 1.54) is 15.9 Å². The van der Waals surface area contributed by atoms with Crippen LogP contribution in [0.4, 0.5) is 0 Å². The molecule has 84 valence electrons. The molecule has 2 N–H and O–H groups in total. The van der Waals surface area contributed by atoms with Gasteiger partial charge in [-0.25, -0.2) is 4.79 Å². The number of nitrogens with zero attached hydrogens (tertiary/aromatic N) is 1. The van der Waals surface area contributed by atoms with Crippen LogP contribution in [0.15, 0.2) is 21.0 Å². The second kappa shape index (κ2) is 3.57. The highest BCUT2D eigenvalue weighted by Crippen LogP contribution is 2.15. The van der Waals surface area contributed by atoms with Gasteiger partial charge < -0.3 is 10.3 Å². The summed E-state index contributed by atoms with van der Waals surface area (Å²) in [6.07, 6.45) is 0.833. The Kier molecular flexibility index (Phi) is 2.19. The van der Waals surface area contributed by atoms with Gasteiger partial charge in [-0.2, -0.15) is 0 Å². The molecule has 1 unspecified atom stereocenters. The van der Waals surface area contributed by atoms with Crippen molar-refractivity contribution in [2.45, 2.75) is 12.5 Å². The minimum Gasteiger partial charge on any atom is -0.315 e. The maximum Gasteiger partial charge on any atom is 0.329 e. The van der Waals surface area contributed by atoms with Crippen molar-refractivity contribution < 1.29 is 0 Å². The summed E-state index contributed by atoms with van der Waals surface area (Å²) in [5, 5.41) is 4.98. The van der Waals surface area contributed by atoms with Gasteiger partial charge >= 0.3 is 5.69 Å². The normalized spacial score (nSPS) is 20.6. The van der Waals surface area contributed by atoms with Crippen LogP contribution in [0, 0.1) is 0 Å². The van der Waals surface area contributed by atoms with Crippen molar-refractivity contribution in [1.29, 1.82) is 0 Å². The average molecular weight is 237 g/mol. The Labute approximate surface area is 94.7 Å². The minimum absolute atomic E-state index is 0.0113. The van der Waals surface area contributed by atoms with Gasteiger partial charge in [-0.3, -0.25) is 9.36 Å². The van der Waals surface area contributed by atoms with Gasteiger partial charge in [0.15, 0.2) is 0 Å². The van der Waals surface area contributed by atoms with E-state index in [0.29, 0.717) is 16.8 Å². The van der Waals surface area contributed by atoms with Crippen LogP contribution in [0.25, 0.3) is 10.2 Å². The van der Waals surface area contributed by atoms with Crippen LogP contribution in [0.5, 0.6) is 0 Å². The van der Waals surface area contributed by atoms with Gasteiger partial charge in [0.05, 0.1) is 11.6 Å². The molecule has 3 rings (SSSR count). The van der Waals surface area contributed by atoms with Crippen LogP contribution >= 0.6 is 11.3 Å². The summed E-state index contributed by atoms with van der Waals surface area (Å²) in [7, 11) is 0. The Bertz CT molecular complexity index is 633. The monoisotopic (exact) mass is 237 g/mol. The summed E-state index contributed by atoms with van der Waals surface area (Å²) in [5.74, 6) is 0. The molecule has 6 heteroatoms. The van der Waals surface area contributed by atoms with E-state index in [0.717, 1.165) is 13.0 Å². The largest absolute Gasteiger partial charge is 0.329 e. The van der Waals surface area contributed by atoms with Gasteiger partial charge in [-0.15, -0.1) is 11.3 Å². The van der Waals surface area contributed by atoms with Crippen LogP contribution in [-0.4, -0.2) is 22.6 Å². The summed E-state index contributed by atoms with van der Waals surface area (Å²) < 4.78 is 1.98. The van der Waals surface area contributed by atoms with E-state index in [1.54, 1.807) is 6.07 Å². The fourth-order valence-electron chi connectivity index (χ4n) is 2.14. The van der Waals surface area contributed by atoms with Crippen LogP contribution in [0.1, 0.15) is 12.5 Å². The van der Waals surface area contributed by atoms with Crippen molar-refractivity contribution >= 4 is 21.6 Å². The van der Waals surface area contributed by atoms with E-state index < -0.39 is 0 Å². The van der Waals surface area contributed by atoms with Crippen molar-refractivity contribution in [3.05, 3.63) is 32.3 Å². The second-order valence-corrected chi connectivity index (χ2v) is 4.83. The van der Waals surface area contributed by atoms with E-state index in [2.05, 4.69) is 10.3 Å². The quantitative estimate of drug-likeness (QED) is 0.749. The smallest absolute Gasteiger partial charge is 0.315 e. The number of fused-ring (bicyclic) bond motifs is 1. The Morgan fingerprint density at radius 1 is 1.44 bits per heavy atom. The summed E-state index contributed by atoms with van der Waals surface area (Å²) in [6, 6.07) is 1.75. The number of hydrogen-bond donors (Lipinski definition) is 2. The molecule has 0 aliphatic carbocycles. The number of nitrogens with one attached hydrogen (secondary N) is 2. The van der Waals surface area contributed by atoms with E-state index in [4.69, 9.17) is 0 Å². The number of hydrogen-bond acceptors (Lipinski definition) is 4. The fraction of sp³-hybridized carbons (Fsp3) is 0.400. The van der Waals surface area contributed by atoms with Gasteiger partial charge in [0.2, 0.25) is 0 Å². The van der Waals surface area contributed by atoms with E-state index in [9.17, 15) is 9.59 Å². The number of thiophene rings is 1. The van der Waals surface area contributed by atoms with Crippen molar-refractivity contribution in [3.8, 4) is 0 Å². The highest BCUT2D eigenvalue weighted by atomic mass is 32.1. The number of rotatable bonds is 1. The lowest BCUT2D eigenvalue weighted by Gasteiger charge is -2.10. The fourth-order valence-corrected chi connectivity index (χ4v) is 2.93. The van der Waals surface area contributed by atoms with Gasteiger partial charge in [0.25, 0.3) is 5.56 Å². The zero-order chi connectivity index (χ0) is 11.1. The molecule has 0 amide bonds. The van der Waals surface area contributed by atoms with Crippen LogP contribution in [0.2, 0.25) is 0 Å². The molecular weight excluding hydrogens is 226 g/mol. The molecule has 0 aromatic carbocycles. The lowest BCUT2D eigenvalue weighted by molar-refractivity contribution is 0.508. The Hall–Kier alpha value is -1.40. The molecular formula is C10H11N3O2S. The minimum atomic E-state index is -0.301. The third-order valence-corrected chi connectivity index (χ3v) is 3.84. The molecule has 1 saturated heterocycles. The molecule has 1 fully saturated rings. The SMILES string of the molecule is O=c1[nH]c2ccsc2c(=O)n1C1CCNC1. The molecule has 16 heavy (non-hydrogen) atoms. The highest BCUT2D eigenvalue weighted by Gasteiger charge is 2.21. The summed E-state index contributed by atoms with van der Waals surface area (Å²) in [6.45, 7) is 1.55. The number of aromatic nitrogens is 2. The molecule has 1 aliphatic rings. The average Bonchev–Trinajstić information content (AvgIpc) is 2.87. The summed E-state index contributed by atoms with van der Waals surface area (Å²) >= 11 is 1.37. The van der Waals surface area contributed by atoms with Crippen molar-refractivity contribution in [1.82, 2.24) is 14.9 Å². The first-order chi connectivity index (χ1) is 7.77. The molecule has 0 bridgehead atoms. The highest BCUT2D eigenvalue weighted by molar-refractivity contribution is 7.17. The molecule has 2 aromatic heterocycles. The van der Waals surface area contributed by atoms with Gasteiger partial charge in [0, 0.05) is 6.54 Å². The zero-order valence-electron chi connectivity index (χ0n) is 8.53. The van der Waals surface area contributed by atoms with E-state index in [-0.39, 0.29) is 17.3 Å². The lowest BCUT2D eigenvalue weighted by atomic mass is 10.2. The zero-order valence-corrected chi connectivity index (χ0v) is 9.34. The third-order valence-electron chi connectivity index (χ3n) is 2.94. The third kappa shape index (κ3) is 1.34. The Morgan fingerprint density at radius 2 is 2.31 bits per heavy atom. The lowest BCUT2D eigenvalue weighted by Crippen LogP contribution is -2.38. The Balaban J connectivity index is 2.30. The molecule has 3 heterocycles. The summed E-state index contributed by atoms with van der Waals surface area (Å²) in [5.41, 5.74) is 0.175. The molecule has 1 atom stereocenters. The van der Waals surface area contributed by atoms with E-state index >= 15 is 0 Å². The van der Waals surface area contributed by atoms with Crippen LogP contribution in [0.3, 0.4) is 0 Å². The first-order valence-electron chi connectivity index (χ1n) is 5.20. The van der Waals surface area contributed by atoms with Gasteiger partial charge in [-0.05, 0) is 24.4 Å². The predicted molar refractivity (Wildman–Crippen MR) is 63.2 cm³/mol. The molecule has 0 saturated carbocycles. The van der Waals surface area contributed by atoms with Crippen LogP contribution in [-0.2, 0) is 0 Å². The van der Waals surface area contributed by atoms with Gasteiger partial charge in [0.1, 0.15) is 4.70 Å². The first-order valence-corrected chi connectivity index (χ1v) is 6.08.